The molecule has 0 bridgehead atoms. The topological polar surface area (TPSA) is 64.0 Å². The third-order valence-corrected chi connectivity index (χ3v) is 5.36. The second-order valence-electron chi connectivity index (χ2n) is 7.34. The van der Waals surface area contributed by atoms with Gasteiger partial charge >= 0.3 is 0 Å². The molecule has 0 fully saturated rings. The molecule has 3 rings (SSSR count). The molecule has 0 aliphatic carbocycles. The number of carbonyl (C=O) groups excluding carboxylic acids is 1. The molecule has 1 amide bonds. The van der Waals surface area contributed by atoms with Crippen LogP contribution in [0.1, 0.15) is 26.5 Å². The lowest BCUT2D eigenvalue weighted by Crippen LogP contribution is -2.38. The van der Waals surface area contributed by atoms with E-state index in [9.17, 15) is 22.8 Å². The van der Waals surface area contributed by atoms with Crippen molar-refractivity contribution >= 4 is 23.4 Å². The molecule has 2 aromatic rings. The molecule has 1 aromatic heterocycles. The van der Waals surface area contributed by atoms with Crippen LogP contribution in [-0.2, 0) is 16.8 Å². The smallest absolute Gasteiger partial charge is 0.254 e. The van der Waals surface area contributed by atoms with Gasteiger partial charge in [-0.25, -0.2) is 18.2 Å². The summed E-state index contributed by atoms with van der Waals surface area (Å²) in [6.07, 6.45) is 0. The maximum atomic E-state index is 13.7. The van der Waals surface area contributed by atoms with Gasteiger partial charge in [0.15, 0.2) is 22.6 Å². The fraction of sp³-hybridized carbons (Fsp3) is 0.389. The zero-order valence-corrected chi connectivity index (χ0v) is 15.8. The number of halogens is 3. The van der Waals surface area contributed by atoms with Crippen molar-refractivity contribution in [1.82, 2.24) is 9.55 Å². The number of nitrogens with one attached hydrogen (secondary N) is 1. The molecule has 1 unspecified atom stereocenters. The number of hydrogen-bond acceptors (Lipinski definition) is 4. The third kappa shape index (κ3) is 3.87. The zero-order valence-electron chi connectivity index (χ0n) is 15.0. The number of fused-ring (bicyclic) bond motifs is 1. The monoisotopic (exact) mass is 397 g/mol. The molecule has 1 aliphatic rings. The predicted molar refractivity (Wildman–Crippen MR) is 96.4 cm³/mol. The minimum absolute atomic E-state index is 0.0791. The average molecular weight is 397 g/mol. The SMILES string of the molecule is CC(C)(C)c1cc(=O)n2c(n1)SCC(C(=O)Nc1ccc(F)c(F)c1F)C2. The Bertz CT molecular complexity index is 970. The lowest BCUT2D eigenvalue weighted by molar-refractivity contribution is -0.119. The lowest BCUT2D eigenvalue weighted by atomic mass is 9.92. The van der Waals surface area contributed by atoms with E-state index in [1.807, 2.05) is 20.8 Å². The van der Waals surface area contributed by atoms with Crippen molar-refractivity contribution in [1.29, 1.82) is 0 Å². The molecule has 27 heavy (non-hydrogen) atoms. The van der Waals surface area contributed by atoms with Crippen LogP contribution in [0.3, 0.4) is 0 Å². The molecular formula is C18H18F3N3O2S. The number of anilines is 1. The number of nitrogens with zero attached hydrogens (tertiary/aromatic N) is 2. The number of hydrogen-bond donors (Lipinski definition) is 1. The molecule has 144 valence electrons. The first-order valence-electron chi connectivity index (χ1n) is 8.27. The van der Waals surface area contributed by atoms with Gasteiger partial charge in [-0.3, -0.25) is 14.2 Å². The number of benzene rings is 1. The molecular weight excluding hydrogens is 379 g/mol. The quantitative estimate of drug-likeness (QED) is 0.624. The van der Waals surface area contributed by atoms with E-state index in [1.165, 1.54) is 22.4 Å². The lowest BCUT2D eigenvalue weighted by Gasteiger charge is -2.26. The Morgan fingerprint density at radius 1 is 1.26 bits per heavy atom. The third-order valence-electron chi connectivity index (χ3n) is 4.22. The zero-order chi connectivity index (χ0) is 19.9. The van der Waals surface area contributed by atoms with Crippen LogP contribution in [0.15, 0.2) is 28.2 Å². The van der Waals surface area contributed by atoms with Gasteiger partial charge in [-0.2, -0.15) is 0 Å². The highest BCUT2D eigenvalue weighted by molar-refractivity contribution is 7.99. The normalized spacial score (nSPS) is 16.7. The Morgan fingerprint density at radius 3 is 2.63 bits per heavy atom. The van der Waals surface area contributed by atoms with E-state index >= 15 is 0 Å². The van der Waals surface area contributed by atoms with Crippen molar-refractivity contribution in [3.05, 3.63) is 51.7 Å². The highest BCUT2D eigenvalue weighted by Gasteiger charge is 2.29. The molecule has 0 radical (unpaired) electrons. The van der Waals surface area contributed by atoms with Crippen molar-refractivity contribution in [2.45, 2.75) is 37.9 Å². The van der Waals surface area contributed by atoms with E-state index in [-0.39, 0.29) is 17.5 Å². The summed E-state index contributed by atoms with van der Waals surface area (Å²) < 4.78 is 41.5. The predicted octanol–water partition coefficient (Wildman–Crippen LogP) is 3.32. The summed E-state index contributed by atoms with van der Waals surface area (Å²) in [7, 11) is 0. The molecule has 2 heterocycles. The molecule has 0 spiro atoms. The average Bonchev–Trinajstić information content (AvgIpc) is 2.61. The molecule has 1 atom stereocenters. The Kier molecular flexibility index (Phi) is 5.07. The van der Waals surface area contributed by atoms with Crippen LogP contribution in [0.2, 0.25) is 0 Å². The minimum Gasteiger partial charge on any atom is -0.323 e. The molecule has 1 N–H and O–H groups in total. The number of aromatic nitrogens is 2. The van der Waals surface area contributed by atoms with Gasteiger partial charge in [0.25, 0.3) is 5.56 Å². The number of carbonyl (C=O) groups is 1. The van der Waals surface area contributed by atoms with Crippen molar-refractivity contribution in [2.24, 2.45) is 5.92 Å². The van der Waals surface area contributed by atoms with Gasteiger partial charge in [0.1, 0.15) is 0 Å². The Balaban J connectivity index is 1.81. The van der Waals surface area contributed by atoms with Gasteiger partial charge in [0.2, 0.25) is 5.91 Å². The van der Waals surface area contributed by atoms with Crippen LogP contribution in [0.5, 0.6) is 0 Å². The van der Waals surface area contributed by atoms with Gasteiger partial charge in [-0.1, -0.05) is 32.5 Å². The van der Waals surface area contributed by atoms with Crippen LogP contribution >= 0.6 is 11.8 Å². The van der Waals surface area contributed by atoms with Crippen LogP contribution in [0.4, 0.5) is 18.9 Å². The second kappa shape index (κ2) is 7.03. The molecule has 9 heteroatoms. The van der Waals surface area contributed by atoms with Crippen LogP contribution < -0.4 is 10.9 Å². The van der Waals surface area contributed by atoms with Crippen molar-refractivity contribution in [3.63, 3.8) is 0 Å². The maximum absolute atomic E-state index is 13.7. The first-order valence-corrected chi connectivity index (χ1v) is 9.26. The van der Waals surface area contributed by atoms with Crippen LogP contribution in [0.25, 0.3) is 0 Å². The van der Waals surface area contributed by atoms with E-state index in [1.54, 1.807) is 0 Å². The summed E-state index contributed by atoms with van der Waals surface area (Å²) in [5.41, 5.74) is -0.330. The van der Waals surface area contributed by atoms with Crippen LogP contribution in [-0.4, -0.2) is 21.2 Å². The van der Waals surface area contributed by atoms with Gasteiger partial charge in [0.05, 0.1) is 17.3 Å². The summed E-state index contributed by atoms with van der Waals surface area (Å²) in [5.74, 6) is -5.33. The Morgan fingerprint density at radius 2 is 1.96 bits per heavy atom. The second-order valence-corrected chi connectivity index (χ2v) is 8.33. The van der Waals surface area contributed by atoms with Gasteiger partial charge in [-0.15, -0.1) is 0 Å². The summed E-state index contributed by atoms with van der Waals surface area (Å²) in [6, 6.07) is 3.14. The van der Waals surface area contributed by atoms with Gasteiger partial charge in [-0.05, 0) is 12.1 Å². The maximum Gasteiger partial charge on any atom is 0.254 e. The Labute approximate surface area is 158 Å². The molecule has 0 saturated carbocycles. The van der Waals surface area contributed by atoms with E-state index in [0.717, 1.165) is 12.1 Å². The molecule has 1 aromatic carbocycles. The largest absolute Gasteiger partial charge is 0.323 e. The summed E-state index contributed by atoms with van der Waals surface area (Å²) in [6.45, 7) is 5.93. The Hall–Kier alpha value is -2.29. The van der Waals surface area contributed by atoms with E-state index in [2.05, 4.69) is 10.3 Å². The summed E-state index contributed by atoms with van der Waals surface area (Å²) in [4.78, 5) is 29.3. The molecule has 1 aliphatic heterocycles. The highest BCUT2D eigenvalue weighted by Crippen LogP contribution is 2.29. The van der Waals surface area contributed by atoms with Crippen LogP contribution in [0, 0.1) is 23.4 Å². The minimum atomic E-state index is -1.65. The number of amides is 1. The van der Waals surface area contributed by atoms with Crippen molar-refractivity contribution in [2.75, 3.05) is 11.1 Å². The van der Waals surface area contributed by atoms with Crippen molar-refractivity contribution < 1.29 is 18.0 Å². The van der Waals surface area contributed by atoms with E-state index < -0.39 is 35.0 Å². The first-order chi connectivity index (χ1) is 12.6. The van der Waals surface area contributed by atoms with E-state index in [0.29, 0.717) is 16.6 Å². The van der Waals surface area contributed by atoms with Crippen molar-refractivity contribution in [3.8, 4) is 0 Å². The first kappa shape index (κ1) is 19.5. The highest BCUT2D eigenvalue weighted by atomic mass is 32.2. The van der Waals surface area contributed by atoms with E-state index in [4.69, 9.17) is 0 Å². The fourth-order valence-corrected chi connectivity index (χ4v) is 3.70. The molecule has 0 saturated heterocycles. The summed E-state index contributed by atoms with van der Waals surface area (Å²) in [5, 5.41) is 2.79. The molecule has 5 nitrogen and oxygen atoms in total. The number of thioether (sulfide) groups is 1. The van der Waals surface area contributed by atoms with Gasteiger partial charge in [0, 0.05) is 23.8 Å². The number of rotatable bonds is 2. The standard InChI is InChI=1S/C18H18F3N3O2S/c1-18(2,3)12-6-13(25)24-7-9(8-27-17(24)23-12)16(26)22-11-5-4-10(19)14(20)15(11)21/h4-6,9H,7-8H2,1-3H3,(H,22,26). The summed E-state index contributed by atoms with van der Waals surface area (Å²) >= 11 is 1.25. The van der Waals surface area contributed by atoms with Gasteiger partial charge < -0.3 is 5.32 Å². The fourth-order valence-electron chi connectivity index (χ4n) is 2.61.